The van der Waals surface area contributed by atoms with Gasteiger partial charge in [0, 0.05) is 6.54 Å². The molecule has 2 unspecified atom stereocenters. The first kappa shape index (κ1) is 12.4. The predicted octanol–water partition coefficient (Wildman–Crippen LogP) is 1.16. The second kappa shape index (κ2) is 4.00. The van der Waals surface area contributed by atoms with Gasteiger partial charge >= 0.3 is 0 Å². The van der Waals surface area contributed by atoms with Gasteiger partial charge in [-0.05, 0) is 31.1 Å². The van der Waals surface area contributed by atoms with E-state index in [4.69, 9.17) is 0 Å². The summed E-state index contributed by atoms with van der Waals surface area (Å²) in [4.78, 5) is 26.3. The van der Waals surface area contributed by atoms with Crippen molar-refractivity contribution in [3.05, 3.63) is 0 Å². The van der Waals surface area contributed by atoms with Gasteiger partial charge in [-0.1, -0.05) is 20.8 Å². The monoisotopic (exact) mass is 238 g/mol. The molecule has 2 aliphatic rings. The molecule has 0 aromatic rings. The highest BCUT2D eigenvalue weighted by Gasteiger charge is 2.49. The van der Waals surface area contributed by atoms with Crippen LogP contribution in [0.2, 0.25) is 0 Å². The maximum atomic E-state index is 12.4. The van der Waals surface area contributed by atoms with Crippen LogP contribution in [0.1, 0.15) is 40.5 Å². The minimum absolute atomic E-state index is 0.0360. The average molecular weight is 238 g/mol. The normalized spacial score (nSPS) is 30.5. The molecule has 96 valence electrons. The SMILES string of the molecule is CCN1C(=O)C(C(C)(C)C)NC(=O)C1C1CC1. The topological polar surface area (TPSA) is 49.4 Å². The summed E-state index contributed by atoms with van der Waals surface area (Å²) in [5.74, 6) is 0.505. The van der Waals surface area contributed by atoms with E-state index < -0.39 is 0 Å². The van der Waals surface area contributed by atoms with Crippen LogP contribution in [0.15, 0.2) is 0 Å². The second-order valence-corrected chi connectivity index (χ2v) is 6.21. The summed E-state index contributed by atoms with van der Waals surface area (Å²) in [7, 11) is 0. The highest BCUT2D eigenvalue weighted by Crippen LogP contribution is 2.38. The molecule has 2 rings (SSSR count). The second-order valence-electron chi connectivity index (χ2n) is 6.21. The Balaban J connectivity index is 2.24. The van der Waals surface area contributed by atoms with Crippen LogP contribution in [0.3, 0.4) is 0 Å². The zero-order chi connectivity index (χ0) is 12.8. The van der Waals surface area contributed by atoms with E-state index in [1.807, 2.05) is 27.7 Å². The Bertz CT molecular complexity index is 342. The van der Waals surface area contributed by atoms with Crippen LogP contribution in [0, 0.1) is 11.3 Å². The summed E-state index contributed by atoms with van der Waals surface area (Å²) in [5, 5.41) is 2.91. The largest absolute Gasteiger partial charge is 0.342 e. The van der Waals surface area contributed by atoms with E-state index >= 15 is 0 Å². The molecule has 1 N–H and O–H groups in total. The van der Waals surface area contributed by atoms with Gasteiger partial charge in [0.15, 0.2) is 0 Å². The lowest BCUT2D eigenvalue weighted by Gasteiger charge is -2.43. The van der Waals surface area contributed by atoms with Crippen molar-refractivity contribution in [3.63, 3.8) is 0 Å². The van der Waals surface area contributed by atoms with Gasteiger partial charge in [-0.2, -0.15) is 0 Å². The van der Waals surface area contributed by atoms with Crippen molar-refractivity contribution in [3.8, 4) is 0 Å². The molecule has 0 spiro atoms. The van der Waals surface area contributed by atoms with E-state index in [9.17, 15) is 9.59 Å². The smallest absolute Gasteiger partial charge is 0.246 e. The van der Waals surface area contributed by atoms with E-state index in [2.05, 4.69) is 5.32 Å². The number of rotatable bonds is 2. The van der Waals surface area contributed by atoms with Crippen molar-refractivity contribution in [2.75, 3.05) is 6.54 Å². The zero-order valence-electron chi connectivity index (χ0n) is 11.1. The third-order valence-electron chi connectivity index (χ3n) is 3.70. The van der Waals surface area contributed by atoms with Crippen LogP contribution in [0.5, 0.6) is 0 Å². The molecule has 2 atom stereocenters. The van der Waals surface area contributed by atoms with Crippen LogP contribution in [0.4, 0.5) is 0 Å². The van der Waals surface area contributed by atoms with Crippen molar-refractivity contribution in [1.82, 2.24) is 10.2 Å². The van der Waals surface area contributed by atoms with E-state index in [1.54, 1.807) is 4.90 Å². The van der Waals surface area contributed by atoms with E-state index in [0.29, 0.717) is 12.5 Å². The fraction of sp³-hybridized carbons (Fsp3) is 0.846. The van der Waals surface area contributed by atoms with Crippen LogP contribution >= 0.6 is 0 Å². The molecule has 1 heterocycles. The summed E-state index contributed by atoms with van der Waals surface area (Å²) < 4.78 is 0. The van der Waals surface area contributed by atoms with Crippen LogP contribution in [-0.4, -0.2) is 35.3 Å². The standard InChI is InChI=1S/C13H22N2O2/c1-5-15-9(8-6-7-8)11(16)14-10(12(15)17)13(2,3)4/h8-10H,5-7H2,1-4H3,(H,14,16). The molecule has 1 aliphatic heterocycles. The maximum absolute atomic E-state index is 12.4. The van der Waals surface area contributed by atoms with E-state index in [-0.39, 0.29) is 29.3 Å². The Kier molecular flexibility index (Phi) is 2.92. The highest BCUT2D eigenvalue weighted by atomic mass is 16.2. The molecular weight excluding hydrogens is 216 g/mol. The predicted molar refractivity (Wildman–Crippen MR) is 65.3 cm³/mol. The summed E-state index contributed by atoms with van der Waals surface area (Å²) in [5.41, 5.74) is -0.227. The summed E-state index contributed by atoms with van der Waals surface area (Å²) in [6, 6.07) is -0.601. The molecule has 4 nitrogen and oxygen atoms in total. The van der Waals surface area contributed by atoms with Gasteiger partial charge in [-0.15, -0.1) is 0 Å². The van der Waals surface area contributed by atoms with Crippen LogP contribution < -0.4 is 5.32 Å². The number of likely N-dealkylation sites (N-methyl/N-ethyl adjacent to an activating group) is 1. The third kappa shape index (κ3) is 2.17. The Hall–Kier alpha value is -1.06. The Morgan fingerprint density at radius 2 is 1.88 bits per heavy atom. The quantitative estimate of drug-likeness (QED) is 0.784. The van der Waals surface area contributed by atoms with Gasteiger partial charge in [-0.3, -0.25) is 9.59 Å². The molecule has 1 saturated heterocycles. The van der Waals surface area contributed by atoms with Crippen molar-refractivity contribution in [2.24, 2.45) is 11.3 Å². The first-order valence-electron chi connectivity index (χ1n) is 6.47. The van der Waals surface area contributed by atoms with Gasteiger partial charge in [-0.25, -0.2) is 0 Å². The van der Waals surface area contributed by atoms with Gasteiger partial charge < -0.3 is 10.2 Å². The molecular formula is C13H22N2O2. The first-order chi connectivity index (χ1) is 7.86. The molecule has 1 aliphatic carbocycles. The molecule has 2 fully saturated rings. The molecule has 0 aromatic heterocycles. The first-order valence-corrected chi connectivity index (χ1v) is 6.47. The minimum atomic E-state index is -0.384. The minimum Gasteiger partial charge on any atom is -0.342 e. The summed E-state index contributed by atoms with van der Waals surface area (Å²) in [6.45, 7) is 8.54. The van der Waals surface area contributed by atoms with E-state index in [1.165, 1.54) is 0 Å². The van der Waals surface area contributed by atoms with E-state index in [0.717, 1.165) is 12.8 Å². The number of piperazine rings is 1. The highest BCUT2D eigenvalue weighted by molar-refractivity contribution is 5.97. The number of carbonyl (C=O) groups is 2. The number of nitrogens with one attached hydrogen (secondary N) is 1. The van der Waals surface area contributed by atoms with Gasteiger partial charge in [0.1, 0.15) is 12.1 Å². The number of hydrogen-bond donors (Lipinski definition) is 1. The molecule has 0 aromatic carbocycles. The molecule has 0 radical (unpaired) electrons. The molecule has 4 heteroatoms. The fourth-order valence-corrected chi connectivity index (χ4v) is 2.55. The Morgan fingerprint density at radius 3 is 2.29 bits per heavy atom. The molecule has 1 saturated carbocycles. The van der Waals surface area contributed by atoms with Crippen molar-refractivity contribution < 1.29 is 9.59 Å². The van der Waals surface area contributed by atoms with Crippen molar-refractivity contribution in [2.45, 2.75) is 52.6 Å². The average Bonchev–Trinajstić information content (AvgIpc) is 3.02. The Morgan fingerprint density at radius 1 is 1.29 bits per heavy atom. The number of hydrogen-bond acceptors (Lipinski definition) is 2. The van der Waals surface area contributed by atoms with Gasteiger partial charge in [0.05, 0.1) is 0 Å². The fourth-order valence-electron chi connectivity index (χ4n) is 2.55. The van der Waals surface area contributed by atoms with Crippen LogP contribution in [-0.2, 0) is 9.59 Å². The third-order valence-corrected chi connectivity index (χ3v) is 3.70. The summed E-state index contributed by atoms with van der Waals surface area (Å²) in [6.07, 6.45) is 2.14. The zero-order valence-corrected chi connectivity index (χ0v) is 11.1. The molecule has 17 heavy (non-hydrogen) atoms. The van der Waals surface area contributed by atoms with Gasteiger partial charge in [0.2, 0.25) is 11.8 Å². The number of carbonyl (C=O) groups excluding carboxylic acids is 2. The van der Waals surface area contributed by atoms with Gasteiger partial charge in [0.25, 0.3) is 0 Å². The lowest BCUT2D eigenvalue weighted by Crippen LogP contribution is -2.67. The lowest BCUT2D eigenvalue weighted by atomic mass is 9.83. The van der Waals surface area contributed by atoms with Crippen molar-refractivity contribution >= 4 is 11.8 Å². The maximum Gasteiger partial charge on any atom is 0.246 e. The lowest BCUT2D eigenvalue weighted by molar-refractivity contribution is -0.153. The Labute approximate surface area is 103 Å². The van der Waals surface area contributed by atoms with Crippen molar-refractivity contribution in [1.29, 1.82) is 0 Å². The van der Waals surface area contributed by atoms with Crippen LogP contribution in [0.25, 0.3) is 0 Å². The number of nitrogens with zero attached hydrogens (tertiary/aromatic N) is 1. The molecule has 2 amide bonds. The molecule has 0 bridgehead atoms. The summed E-state index contributed by atoms with van der Waals surface area (Å²) >= 11 is 0. The number of amides is 2.